The largest absolute Gasteiger partial charge is 0.497 e. The highest BCUT2D eigenvalue weighted by atomic mass is 19.3. The first kappa shape index (κ1) is 17.0. The van der Waals surface area contributed by atoms with E-state index in [1.165, 1.54) is 50.6 Å². The summed E-state index contributed by atoms with van der Waals surface area (Å²) in [4.78, 5) is 25.8. The van der Waals surface area contributed by atoms with Gasteiger partial charge in [-0.25, -0.2) is 0 Å². The van der Waals surface area contributed by atoms with Gasteiger partial charge < -0.3 is 14.7 Å². The number of methoxy groups -OCH3 is 1. The van der Waals surface area contributed by atoms with Crippen molar-refractivity contribution in [1.82, 2.24) is 0 Å². The van der Waals surface area contributed by atoms with E-state index in [0.29, 0.717) is 0 Å². The third-order valence-electron chi connectivity index (χ3n) is 4.34. The van der Waals surface area contributed by atoms with Crippen molar-refractivity contribution in [3.63, 3.8) is 0 Å². The number of amides is 1. The molecule has 2 aromatic carbocycles. The van der Waals surface area contributed by atoms with Crippen LogP contribution in [0.15, 0.2) is 48.5 Å². The topological polar surface area (TPSA) is 66.8 Å². The number of nitrogens with zero attached hydrogens (tertiary/aromatic N) is 1. The summed E-state index contributed by atoms with van der Waals surface area (Å²) in [6.07, 6.45) is 0. The van der Waals surface area contributed by atoms with Gasteiger partial charge in [0.2, 0.25) is 11.4 Å². The molecule has 0 spiro atoms. The Labute approximate surface area is 142 Å². The zero-order chi connectivity index (χ0) is 18.4. The number of anilines is 1. The number of aliphatic hydroxyl groups is 1. The third kappa shape index (κ3) is 2.23. The summed E-state index contributed by atoms with van der Waals surface area (Å²) in [5.74, 6) is -7.07. The number of carbonyl (C=O) groups excluding carboxylic acids is 2. The molecule has 1 heterocycles. The molecule has 5 nitrogen and oxygen atoms in total. The van der Waals surface area contributed by atoms with Gasteiger partial charge in [0, 0.05) is 18.2 Å². The first-order valence-corrected chi connectivity index (χ1v) is 7.42. The lowest BCUT2D eigenvalue weighted by Gasteiger charge is -2.30. The van der Waals surface area contributed by atoms with Gasteiger partial charge in [-0.3, -0.25) is 9.59 Å². The average molecular weight is 347 g/mol. The minimum atomic E-state index is -4.36. The number of para-hydroxylation sites is 1. The van der Waals surface area contributed by atoms with Gasteiger partial charge in [-0.2, -0.15) is 8.78 Å². The van der Waals surface area contributed by atoms with E-state index in [2.05, 4.69) is 0 Å². The lowest BCUT2D eigenvalue weighted by molar-refractivity contribution is -0.173. The Bertz CT molecular complexity index is 868. The molecule has 0 aromatic heterocycles. The zero-order valence-electron chi connectivity index (χ0n) is 13.5. The molecule has 3 rings (SSSR count). The Morgan fingerprint density at radius 1 is 1.20 bits per heavy atom. The van der Waals surface area contributed by atoms with Gasteiger partial charge in [0.05, 0.1) is 12.8 Å². The van der Waals surface area contributed by atoms with Gasteiger partial charge in [0.25, 0.3) is 5.91 Å². The molecule has 130 valence electrons. The standard InChI is InChI=1S/C18H15F2NO4/c1-21-14-9-4-3-8-13(14)17(24,16(21)23)18(19,20)15(22)11-6-5-7-12(10-11)25-2/h3-10,24H,1-2H3/t17-/m0/s1. The summed E-state index contributed by atoms with van der Waals surface area (Å²) in [6, 6.07) is 10.8. The van der Waals surface area contributed by atoms with Crippen LogP contribution in [0, 0.1) is 0 Å². The van der Waals surface area contributed by atoms with Gasteiger partial charge in [0.1, 0.15) is 5.75 Å². The van der Waals surface area contributed by atoms with E-state index >= 15 is 8.78 Å². The normalized spacial score (nSPS) is 19.7. The molecule has 0 radical (unpaired) electrons. The number of carbonyl (C=O) groups is 2. The molecule has 1 atom stereocenters. The lowest BCUT2D eigenvalue weighted by atomic mass is 9.84. The van der Waals surface area contributed by atoms with Crippen molar-refractivity contribution in [2.45, 2.75) is 11.5 Å². The number of halogens is 2. The van der Waals surface area contributed by atoms with Crippen molar-refractivity contribution in [2.75, 3.05) is 19.1 Å². The molecule has 2 aromatic rings. The number of ether oxygens (including phenoxy) is 1. The van der Waals surface area contributed by atoms with Crippen molar-refractivity contribution < 1.29 is 28.2 Å². The number of likely N-dealkylation sites (N-methyl/N-ethyl adjacent to an activating group) is 1. The number of rotatable bonds is 4. The predicted molar refractivity (Wildman–Crippen MR) is 86.0 cm³/mol. The molecule has 0 fully saturated rings. The Morgan fingerprint density at radius 3 is 2.56 bits per heavy atom. The van der Waals surface area contributed by atoms with Crippen LogP contribution in [-0.2, 0) is 10.4 Å². The molecular weight excluding hydrogens is 332 g/mol. The number of hydrogen-bond acceptors (Lipinski definition) is 4. The molecule has 25 heavy (non-hydrogen) atoms. The Kier molecular flexibility index (Phi) is 3.84. The van der Waals surface area contributed by atoms with Crippen molar-refractivity contribution in [1.29, 1.82) is 0 Å². The molecule has 1 amide bonds. The first-order chi connectivity index (χ1) is 11.7. The smallest absolute Gasteiger partial charge is 0.351 e. The highest BCUT2D eigenvalue weighted by Gasteiger charge is 2.68. The second kappa shape index (κ2) is 5.63. The number of fused-ring (bicyclic) bond motifs is 1. The van der Waals surface area contributed by atoms with Crippen LogP contribution in [0.3, 0.4) is 0 Å². The number of hydrogen-bond donors (Lipinski definition) is 1. The molecule has 1 aliphatic heterocycles. The van der Waals surface area contributed by atoms with E-state index in [1.807, 2.05) is 0 Å². The maximum absolute atomic E-state index is 15.0. The summed E-state index contributed by atoms with van der Waals surface area (Å²) in [7, 11) is 2.60. The van der Waals surface area contributed by atoms with E-state index in [-0.39, 0.29) is 22.6 Å². The van der Waals surface area contributed by atoms with Crippen LogP contribution < -0.4 is 9.64 Å². The van der Waals surface area contributed by atoms with Gasteiger partial charge in [-0.15, -0.1) is 0 Å². The van der Waals surface area contributed by atoms with Gasteiger partial charge in [0.15, 0.2) is 0 Å². The second-order valence-electron chi connectivity index (χ2n) is 5.73. The van der Waals surface area contributed by atoms with Crippen molar-refractivity contribution >= 4 is 17.4 Å². The Balaban J connectivity index is 2.13. The van der Waals surface area contributed by atoms with E-state index in [0.717, 1.165) is 11.0 Å². The fourth-order valence-corrected chi connectivity index (χ4v) is 2.95. The maximum Gasteiger partial charge on any atom is 0.351 e. The fourth-order valence-electron chi connectivity index (χ4n) is 2.95. The highest BCUT2D eigenvalue weighted by molar-refractivity contribution is 6.13. The van der Waals surface area contributed by atoms with Crippen LogP contribution in [0.25, 0.3) is 0 Å². The number of Topliss-reactive ketones (excluding diaryl/α,β-unsaturated/α-hetero) is 1. The van der Waals surface area contributed by atoms with Gasteiger partial charge in [-0.05, 0) is 18.2 Å². The quantitative estimate of drug-likeness (QED) is 0.863. The van der Waals surface area contributed by atoms with Crippen LogP contribution in [0.4, 0.5) is 14.5 Å². The molecular formula is C18H15F2NO4. The monoisotopic (exact) mass is 347 g/mol. The summed E-state index contributed by atoms with van der Waals surface area (Å²) >= 11 is 0. The molecule has 1 N–H and O–H groups in total. The van der Waals surface area contributed by atoms with Crippen molar-refractivity contribution in [3.05, 3.63) is 59.7 Å². The molecule has 0 aliphatic carbocycles. The van der Waals surface area contributed by atoms with Crippen LogP contribution >= 0.6 is 0 Å². The van der Waals surface area contributed by atoms with Crippen LogP contribution in [0.5, 0.6) is 5.75 Å². The van der Waals surface area contributed by atoms with E-state index in [9.17, 15) is 14.7 Å². The second-order valence-corrected chi connectivity index (χ2v) is 5.73. The number of alkyl halides is 2. The first-order valence-electron chi connectivity index (χ1n) is 7.42. The maximum atomic E-state index is 15.0. The number of ketones is 1. The fraction of sp³-hybridized carbons (Fsp3) is 0.222. The van der Waals surface area contributed by atoms with Crippen LogP contribution in [0.1, 0.15) is 15.9 Å². The molecule has 0 unspecified atom stereocenters. The van der Waals surface area contributed by atoms with Crippen LogP contribution in [0.2, 0.25) is 0 Å². The van der Waals surface area contributed by atoms with E-state index in [1.54, 1.807) is 6.07 Å². The molecule has 7 heteroatoms. The Hall–Kier alpha value is -2.80. The van der Waals surface area contributed by atoms with Crippen LogP contribution in [-0.4, -0.2) is 36.9 Å². The molecule has 0 saturated heterocycles. The lowest BCUT2D eigenvalue weighted by Crippen LogP contribution is -2.56. The van der Waals surface area contributed by atoms with Crippen molar-refractivity contribution in [3.8, 4) is 5.75 Å². The number of benzene rings is 2. The summed E-state index contributed by atoms with van der Waals surface area (Å²) in [5, 5.41) is 10.7. The SMILES string of the molecule is COc1cccc(C(=O)C(F)(F)[C@@]2(O)C(=O)N(C)c3ccccc32)c1. The Morgan fingerprint density at radius 2 is 1.88 bits per heavy atom. The summed E-state index contributed by atoms with van der Waals surface area (Å²) in [6.45, 7) is 0. The molecule has 0 bridgehead atoms. The average Bonchev–Trinajstić information content (AvgIpc) is 2.84. The zero-order valence-corrected chi connectivity index (χ0v) is 13.5. The van der Waals surface area contributed by atoms with E-state index < -0.39 is 23.2 Å². The minimum Gasteiger partial charge on any atom is -0.497 e. The highest BCUT2D eigenvalue weighted by Crippen LogP contribution is 2.49. The molecule has 0 saturated carbocycles. The van der Waals surface area contributed by atoms with Gasteiger partial charge in [-0.1, -0.05) is 30.3 Å². The summed E-state index contributed by atoms with van der Waals surface area (Å²) in [5.41, 5.74) is -3.80. The molecule has 1 aliphatic rings. The van der Waals surface area contributed by atoms with Crippen molar-refractivity contribution in [2.24, 2.45) is 0 Å². The summed E-state index contributed by atoms with van der Waals surface area (Å²) < 4.78 is 35.0. The third-order valence-corrected chi connectivity index (χ3v) is 4.34. The van der Waals surface area contributed by atoms with Gasteiger partial charge >= 0.3 is 5.92 Å². The van der Waals surface area contributed by atoms with E-state index in [4.69, 9.17) is 4.74 Å². The minimum absolute atomic E-state index is 0.133. The predicted octanol–water partition coefficient (Wildman–Crippen LogP) is 2.38.